The first-order valence-corrected chi connectivity index (χ1v) is 12.0. The van der Waals surface area contributed by atoms with Gasteiger partial charge in [0, 0.05) is 23.8 Å². The number of fused-ring (bicyclic) bond motifs is 1. The minimum Gasteiger partial charge on any atom is -0.336 e. The zero-order valence-electron chi connectivity index (χ0n) is 18.5. The quantitative estimate of drug-likeness (QED) is 0.417. The molecule has 1 fully saturated rings. The average molecular weight is 452 g/mol. The lowest BCUT2D eigenvalue weighted by molar-refractivity contribution is 0.0714. The van der Waals surface area contributed by atoms with Gasteiger partial charge in [-0.25, -0.2) is 0 Å². The van der Waals surface area contributed by atoms with Crippen LogP contribution in [0.15, 0.2) is 66.7 Å². The molecular weight excluding hydrogens is 426 g/mol. The van der Waals surface area contributed by atoms with Gasteiger partial charge in [-0.3, -0.25) is 4.79 Å². The van der Waals surface area contributed by atoms with E-state index in [0.717, 1.165) is 56.6 Å². The molecule has 0 bridgehead atoms. The first-order chi connectivity index (χ1) is 16.0. The Morgan fingerprint density at radius 2 is 1.70 bits per heavy atom. The Labute approximate surface area is 197 Å². The zero-order chi connectivity index (χ0) is 22.9. The lowest BCUT2D eigenvalue weighted by Crippen LogP contribution is -2.45. The van der Waals surface area contributed by atoms with Crippen LogP contribution >= 0.6 is 11.3 Å². The third-order valence-corrected chi connectivity index (χ3v) is 7.39. The van der Waals surface area contributed by atoms with Crippen molar-refractivity contribution in [2.45, 2.75) is 25.8 Å². The summed E-state index contributed by atoms with van der Waals surface area (Å²) in [5, 5.41) is 10.2. The van der Waals surface area contributed by atoms with Gasteiger partial charge in [0.25, 0.3) is 5.91 Å². The van der Waals surface area contributed by atoms with Crippen molar-refractivity contribution < 1.29 is 4.79 Å². The first-order valence-electron chi connectivity index (χ1n) is 11.2. The molecule has 5 heteroatoms. The van der Waals surface area contributed by atoms with Gasteiger partial charge in [0.15, 0.2) is 0 Å². The number of nitrogens with two attached hydrogens (primary N) is 1. The summed E-state index contributed by atoms with van der Waals surface area (Å²) in [6.45, 7) is 3.47. The summed E-state index contributed by atoms with van der Waals surface area (Å²) < 4.78 is 1.09. The van der Waals surface area contributed by atoms with E-state index in [4.69, 9.17) is 5.73 Å². The molecular formula is C28H25N3OS. The van der Waals surface area contributed by atoms with Crippen LogP contribution < -0.4 is 5.73 Å². The van der Waals surface area contributed by atoms with Crippen molar-refractivity contribution in [3.8, 4) is 28.3 Å². The van der Waals surface area contributed by atoms with Gasteiger partial charge in [0.05, 0.1) is 16.5 Å². The lowest BCUT2D eigenvalue weighted by Gasteiger charge is -2.30. The van der Waals surface area contributed by atoms with Crippen LogP contribution in [0, 0.1) is 18.3 Å². The van der Waals surface area contributed by atoms with E-state index in [0.29, 0.717) is 12.1 Å². The molecule has 0 spiro atoms. The van der Waals surface area contributed by atoms with Crippen LogP contribution in [0.2, 0.25) is 0 Å². The molecule has 33 heavy (non-hydrogen) atoms. The summed E-state index contributed by atoms with van der Waals surface area (Å²) in [7, 11) is 0. The molecule has 1 amide bonds. The highest BCUT2D eigenvalue weighted by atomic mass is 32.1. The molecule has 2 N–H and O–H groups in total. The summed E-state index contributed by atoms with van der Waals surface area (Å²) in [6, 6.07) is 24.8. The fourth-order valence-electron chi connectivity index (χ4n) is 4.48. The van der Waals surface area contributed by atoms with Crippen molar-refractivity contribution in [2.75, 3.05) is 13.1 Å². The average Bonchev–Trinajstić information content (AvgIpc) is 3.26. The summed E-state index contributed by atoms with van der Waals surface area (Å²) >= 11 is 1.55. The number of nitrogens with zero attached hydrogens (tertiary/aromatic N) is 2. The van der Waals surface area contributed by atoms with Crippen molar-refractivity contribution in [2.24, 2.45) is 5.73 Å². The summed E-state index contributed by atoms with van der Waals surface area (Å²) in [4.78, 5) is 15.8. The van der Waals surface area contributed by atoms with Gasteiger partial charge in [-0.15, -0.1) is 11.3 Å². The Balaban J connectivity index is 1.62. The summed E-state index contributed by atoms with van der Waals surface area (Å²) in [5.41, 5.74) is 12.3. The van der Waals surface area contributed by atoms with E-state index in [-0.39, 0.29) is 11.9 Å². The number of aryl methyl sites for hydroxylation is 1. The van der Waals surface area contributed by atoms with Crippen molar-refractivity contribution >= 4 is 27.3 Å². The molecule has 2 heterocycles. The Morgan fingerprint density at radius 1 is 1.03 bits per heavy atom. The number of rotatable bonds is 3. The van der Waals surface area contributed by atoms with Gasteiger partial charge in [0.1, 0.15) is 0 Å². The Morgan fingerprint density at radius 3 is 2.36 bits per heavy atom. The third kappa shape index (κ3) is 4.28. The molecule has 1 aliphatic heterocycles. The molecule has 4 nitrogen and oxygen atoms in total. The molecule has 0 unspecified atom stereocenters. The number of nitriles is 1. The smallest absolute Gasteiger partial charge is 0.264 e. The van der Waals surface area contributed by atoms with Crippen LogP contribution in [0.5, 0.6) is 0 Å². The molecule has 1 atom stereocenters. The maximum atomic E-state index is 13.2. The standard InChI is InChI=1S/C28H25N3OS/c1-18-4-8-20(9-5-18)25-15-26-22(13-24(25)21-10-6-19(16-29)7-11-21)14-27(33-26)28(32)31-12-2-3-23(30)17-31/h4-11,13-15,23H,2-3,12,17,30H2,1H3/t23-/m1/s1. The molecule has 0 radical (unpaired) electrons. The minimum atomic E-state index is 0.0632. The van der Waals surface area contributed by atoms with E-state index in [1.165, 1.54) is 5.56 Å². The lowest BCUT2D eigenvalue weighted by atomic mass is 9.92. The van der Waals surface area contributed by atoms with E-state index >= 15 is 0 Å². The number of hydrogen-bond acceptors (Lipinski definition) is 4. The van der Waals surface area contributed by atoms with E-state index in [9.17, 15) is 10.1 Å². The molecule has 4 aromatic rings. The van der Waals surface area contributed by atoms with Crippen LogP contribution in [0.4, 0.5) is 0 Å². The highest BCUT2D eigenvalue weighted by molar-refractivity contribution is 7.20. The zero-order valence-corrected chi connectivity index (χ0v) is 19.4. The van der Waals surface area contributed by atoms with Gasteiger partial charge in [-0.2, -0.15) is 5.26 Å². The van der Waals surface area contributed by atoms with Crippen LogP contribution in [0.25, 0.3) is 32.3 Å². The Bertz CT molecular complexity index is 1360. The topological polar surface area (TPSA) is 70.1 Å². The number of piperidine rings is 1. The normalized spacial score (nSPS) is 16.0. The van der Waals surface area contributed by atoms with Crippen molar-refractivity contribution in [1.29, 1.82) is 5.26 Å². The second-order valence-corrected chi connectivity index (χ2v) is 9.84. The van der Waals surface area contributed by atoms with Gasteiger partial charge in [-0.05, 0) is 77.7 Å². The predicted octanol–water partition coefficient (Wildman–Crippen LogP) is 5.98. The number of hydrogen-bond donors (Lipinski definition) is 1. The van der Waals surface area contributed by atoms with Crippen LogP contribution in [0.3, 0.4) is 0 Å². The third-order valence-electron chi connectivity index (χ3n) is 6.30. The second-order valence-electron chi connectivity index (χ2n) is 8.75. The number of carbonyl (C=O) groups excluding carboxylic acids is 1. The van der Waals surface area contributed by atoms with Crippen molar-refractivity contribution in [1.82, 2.24) is 4.90 Å². The molecule has 0 aliphatic carbocycles. The number of likely N-dealkylation sites (tertiary alicyclic amines) is 1. The molecule has 164 valence electrons. The van der Waals surface area contributed by atoms with Gasteiger partial charge >= 0.3 is 0 Å². The molecule has 1 saturated heterocycles. The maximum absolute atomic E-state index is 13.2. The van der Waals surface area contributed by atoms with E-state index in [1.54, 1.807) is 11.3 Å². The van der Waals surface area contributed by atoms with Crippen LogP contribution in [-0.4, -0.2) is 29.9 Å². The van der Waals surface area contributed by atoms with Crippen molar-refractivity contribution in [3.63, 3.8) is 0 Å². The Kier molecular flexibility index (Phi) is 5.72. The van der Waals surface area contributed by atoms with Crippen molar-refractivity contribution in [3.05, 3.63) is 82.7 Å². The predicted molar refractivity (Wildman–Crippen MR) is 135 cm³/mol. The number of benzene rings is 3. The SMILES string of the molecule is Cc1ccc(-c2cc3sc(C(=O)N4CCC[C@@H](N)C4)cc3cc2-c2ccc(C#N)cc2)cc1. The fourth-order valence-corrected chi connectivity index (χ4v) is 5.53. The summed E-state index contributed by atoms with van der Waals surface area (Å²) in [6.07, 6.45) is 1.93. The molecule has 1 aliphatic rings. The number of carbonyl (C=O) groups is 1. The Hall–Kier alpha value is -3.46. The highest BCUT2D eigenvalue weighted by Gasteiger charge is 2.24. The maximum Gasteiger partial charge on any atom is 0.264 e. The first kappa shape index (κ1) is 21.4. The van der Waals surface area contributed by atoms with E-state index < -0.39 is 0 Å². The molecule has 3 aromatic carbocycles. The largest absolute Gasteiger partial charge is 0.336 e. The molecule has 0 saturated carbocycles. The molecule has 1 aromatic heterocycles. The van der Waals surface area contributed by atoms with E-state index in [2.05, 4.69) is 49.4 Å². The highest BCUT2D eigenvalue weighted by Crippen LogP contribution is 2.39. The number of amides is 1. The van der Waals surface area contributed by atoms with Gasteiger partial charge in [-0.1, -0.05) is 42.0 Å². The minimum absolute atomic E-state index is 0.0632. The van der Waals surface area contributed by atoms with Gasteiger partial charge in [0.2, 0.25) is 0 Å². The summed E-state index contributed by atoms with van der Waals surface area (Å²) in [5.74, 6) is 0.0724. The van der Waals surface area contributed by atoms with Crippen LogP contribution in [0.1, 0.15) is 33.6 Å². The monoisotopic (exact) mass is 451 g/mol. The second kappa shape index (κ2) is 8.82. The fraction of sp³-hybridized carbons (Fsp3) is 0.214. The molecule has 5 rings (SSSR count). The van der Waals surface area contributed by atoms with E-state index in [1.807, 2.05) is 35.2 Å². The van der Waals surface area contributed by atoms with Gasteiger partial charge < -0.3 is 10.6 Å². The van der Waals surface area contributed by atoms with Crippen LogP contribution in [-0.2, 0) is 0 Å². The number of thiophene rings is 1.